The number of hydrogen-bond acceptors (Lipinski definition) is 2. The highest BCUT2D eigenvalue weighted by Gasteiger charge is 2.33. The molecule has 0 aromatic rings. The van der Waals surface area contributed by atoms with Crippen molar-refractivity contribution in [1.82, 2.24) is 10.2 Å². The molecule has 0 aliphatic carbocycles. The van der Waals surface area contributed by atoms with Crippen molar-refractivity contribution in [3.05, 3.63) is 0 Å². The lowest BCUT2D eigenvalue weighted by atomic mass is 10.0. The zero-order valence-electron chi connectivity index (χ0n) is 7.48. The number of carbonyl (C=O) groups excluding carboxylic acids is 1. The van der Waals surface area contributed by atoms with E-state index in [1.807, 2.05) is 25.7 Å². The van der Waals surface area contributed by atoms with Gasteiger partial charge in [-0.3, -0.25) is 4.79 Å². The normalized spacial score (nSPS) is 23.9. The lowest BCUT2D eigenvalue weighted by molar-refractivity contribution is -0.139. The van der Waals surface area contributed by atoms with E-state index in [1.54, 1.807) is 0 Å². The van der Waals surface area contributed by atoms with Gasteiger partial charge in [0.2, 0.25) is 5.91 Å². The monoisotopic (exact) mass is 156 g/mol. The van der Waals surface area contributed by atoms with Crippen molar-refractivity contribution in [2.24, 2.45) is 0 Å². The van der Waals surface area contributed by atoms with Crippen LogP contribution in [0.25, 0.3) is 0 Å². The molecule has 0 aromatic heterocycles. The number of amides is 1. The van der Waals surface area contributed by atoms with E-state index < -0.39 is 0 Å². The Kier molecular flexibility index (Phi) is 2.18. The first-order valence-electron chi connectivity index (χ1n) is 4.12. The van der Waals surface area contributed by atoms with Crippen LogP contribution < -0.4 is 5.32 Å². The van der Waals surface area contributed by atoms with Gasteiger partial charge in [0.25, 0.3) is 0 Å². The summed E-state index contributed by atoms with van der Waals surface area (Å²) in [7, 11) is 0. The van der Waals surface area contributed by atoms with Crippen LogP contribution in [0.15, 0.2) is 0 Å². The standard InChI is InChI=1S/C8H16N2O/c1-4-10-6-5-9-8(2,3)7(10)11/h9H,4-6H2,1-3H3. The largest absolute Gasteiger partial charge is 0.340 e. The molecule has 1 aliphatic rings. The highest BCUT2D eigenvalue weighted by Crippen LogP contribution is 2.11. The Hall–Kier alpha value is -0.570. The van der Waals surface area contributed by atoms with Crippen molar-refractivity contribution in [3.63, 3.8) is 0 Å². The van der Waals surface area contributed by atoms with E-state index >= 15 is 0 Å². The van der Waals surface area contributed by atoms with Gasteiger partial charge in [-0.2, -0.15) is 0 Å². The Bertz CT molecular complexity index is 165. The Labute approximate surface area is 67.8 Å². The summed E-state index contributed by atoms with van der Waals surface area (Å²) < 4.78 is 0. The van der Waals surface area contributed by atoms with Gasteiger partial charge >= 0.3 is 0 Å². The molecular formula is C8H16N2O. The first kappa shape index (κ1) is 8.53. The number of nitrogens with zero attached hydrogens (tertiary/aromatic N) is 1. The van der Waals surface area contributed by atoms with Crippen LogP contribution in [0.4, 0.5) is 0 Å². The summed E-state index contributed by atoms with van der Waals surface area (Å²) in [5.74, 6) is 0.214. The van der Waals surface area contributed by atoms with Crippen LogP contribution in [0.5, 0.6) is 0 Å². The topological polar surface area (TPSA) is 32.3 Å². The van der Waals surface area contributed by atoms with Gasteiger partial charge in [0.05, 0.1) is 5.54 Å². The van der Waals surface area contributed by atoms with Gasteiger partial charge in [0, 0.05) is 19.6 Å². The number of rotatable bonds is 1. The van der Waals surface area contributed by atoms with Gasteiger partial charge in [-0.15, -0.1) is 0 Å². The highest BCUT2D eigenvalue weighted by molar-refractivity contribution is 5.86. The van der Waals surface area contributed by atoms with E-state index in [1.165, 1.54) is 0 Å². The quantitative estimate of drug-likeness (QED) is 0.589. The average molecular weight is 156 g/mol. The predicted molar refractivity (Wildman–Crippen MR) is 44.3 cm³/mol. The summed E-state index contributed by atoms with van der Waals surface area (Å²) in [6, 6.07) is 0. The predicted octanol–water partition coefficient (Wildman–Crippen LogP) is 0.217. The van der Waals surface area contributed by atoms with Gasteiger partial charge in [0.15, 0.2) is 0 Å². The molecular weight excluding hydrogens is 140 g/mol. The van der Waals surface area contributed by atoms with Gasteiger partial charge < -0.3 is 10.2 Å². The van der Waals surface area contributed by atoms with E-state index in [0.717, 1.165) is 19.6 Å². The lowest BCUT2D eigenvalue weighted by Crippen LogP contribution is -2.61. The van der Waals surface area contributed by atoms with Crippen LogP contribution in [0.3, 0.4) is 0 Å². The molecule has 0 radical (unpaired) electrons. The molecule has 1 N–H and O–H groups in total. The second-order valence-corrected chi connectivity index (χ2v) is 3.44. The minimum absolute atomic E-state index is 0.214. The molecule has 3 nitrogen and oxygen atoms in total. The maximum Gasteiger partial charge on any atom is 0.242 e. The Morgan fingerprint density at radius 3 is 2.73 bits per heavy atom. The number of piperazine rings is 1. The fourth-order valence-corrected chi connectivity index (χ4v) is 1.38. The molecule has 1 heterocycles. The minimum Gasteiger partial charge on any atom is -0.340 e. The van der Waals surface area contributed by atoms with Crippen LogP contribution >= 0.6 is 0 Å². The summed E-state index contributed by atoms with van der Waals surface area (Å²) >= 11 is 0. The summed E-state index contributed by atoms with van der Waals surface area (Å²) in [5.41, 5.74) is -0.353. The molecule has 0 aromatic carbocycles. The third kappa shape index (κ3) is 1.53. The molecule has 1 saturated heterocycles. The first-order valence-corrected chi connectivity index (χ1v) is 4.12. The minimum atomic E-state index is -0.353. The molecule has 0 spiro atoms. The molecule has 1 amide bonds. The van der Waals surface area contributed by atoms with E-state index in [2.05, 4.69) is 5.32 Å². The second-order valence-electron chi connectivity index (χ2n) is 3.44. The Morgan fingerprint density at radius 1 is 1.64 bits per heavy atom. The third-order valence-corrected chi connectivity index (χ3v) is 2.15. The van der Waals surface area contributed by atoms with Gasteiger partial charge in [-0.1, -0.05) is 0 Å². The summed E-state index contributed by atoms with van der Waals surface area (Å²) in [4.78, 5) is 13.4. The molecule has 0 bridgehead atoms. The van der Waals surface area contributed by atoms with Gasteiger partial charge in [0.1, 0.15) is 0 Å². The van der Waals surface area contributed by atoms with E-state index in [9.17, 15) is 4.79 Å². The van der Waals surface area contributed by atoms with Crippen LogP contribution in [0.1, 0.15) is 20.8 Å². The molecule has 1 aliphatic heterocycles. The molecule has 0 saturated carbocycles. The van der Waals surface area contributed by atoms with Crippen molar-refractivity contribution < 1.29 is 4.79 Å². The van der Waals surface area contributed by atoms with E-state index in [0.29, 0.717) is 0 Å². The maximum absolute atomic E-state index is 11.5. The Morgan fingerprint density at radius 2 is 2.27 bits per heavy atom. The van der Waals surface area contributed by atoms with Gasteiger partial charge in [-0.25, -0.2) is 0 Å². The van der Waals surface area contributed by atoms with Crippen molar-refractivity contribution in [2.45, 2.75) is 26.3 Å². The lowest BCUT2D eigenvalue weighted by Gasteiger charge is -2.37. The zero-order chi connectivity index (χ0) is 8.48. The van der Waals surface area contributed by atoms with Crippen molar-refractivity contribution in [3.8, 4) is 0 Å². The van der Waals surface area contributed by atoms with Crippen molar-refractivity contribution >= 4 is 5.91 Å². The smallest absolute Gasteiger partial charge is 0.242 e. The van der Waals surface area contributed by atoms with Crippen LogP contribution in [0, 0.1) is 0 Å². The van der Waals surface area contributed by atoms with E-state index in [-0.39, 0.29) is 11.4 Å². The number of likely N-dealkylation sites (N-methyl/N-ethyl adjacent to an activating group) is 1. The van der Waals surface area contributed by atoms with Crippen LogP contribution in [-0.2, 0) is 4.79 Å². The average Bonchev–Trinajstić information content (AvgIpc) is 1.95. The highest BCUT2D eigenvalue weighted by atomic mass is 16.2. The first-order chi connectivity index (χ1) is 5.08. The number of nitrogens with one attached hydrogen (secondary N) is 1. The Balaban J connectivity index is 2.68. The van der Waals surface area contributed by atoms with Crippen molar-refractivity contribution in [2.75, 3.05) is 19.6 Å². The molecule has 1 fully saturated rings. The second kappa shape index (κ2) is 2.81. The number of hydrogen-bond donors (Lipinski definition) is 1. The molecule has 3 heteroatoms. The maximum atomic E-state index is 11.5. The molecule has 0 unspecified atom stereocenters. The van der Waals surface area contributed by atoms with Crippen LogP contribution in [-0.4, -0.2) is 36.0 Å². The molecule has 64 valence electrons. The fraction of sp³-hybridized carbons (Fsp3) is 0.875. The van der Waals surface area contributed by atoms with E-state index in [4.69, 9.17) is 0 Å². The summed E-state index contributed by atoms with van der Waals surface area (Å²) in [6.45, 7) is 8.45. The fourth-order valence-electron chi connectivity index (χ4n) is 1.38. The zero-order valence-corrected chi connectivity index (χ0v) is 7.48. The number of carbonyl (C=O) groups is 1. The SMILES string of the molecule is CCN1CCNC(C)(C)C1=O. The molecule has 0 atom stereocenters. The summed E-state index contributed by atoms with van der Waals surface area (Å²) in [6.07, 6.45) is 0. The molecule has 11 heavy (non-hydrogen) atoms. The summed E-state index contributed by atoms with van der Waals surface area (Å²) in [5, 5.41) is 3.18. The third-order valence-electron chi connectivity index (χ3n) is 2.15. The van der Waals surface area contributed by atoms with Crippen molar-refractivity contribution in [1.29, 1.82) is 0 Å². The molecule has 1 rings (SSSR count). The van der Waals surface area contributed by atoms with Crippen LogP contribution in [0.2, 0.25) is 0 Å². The van der Waals surface area contributed by atoms with Gasteiger partial charge in [-0.05, 0) is 20.8 Å².